The highest BCUT2D eigenvalue weighted by molar-refractivity contribution is 5.34. The van der Waals surface area contributed by atoms with Crippen LogP contribution >= 0.6 is 0 Å². The Morgan fingerprint density at radius 1 is 1.50 bits per heavy atom. The van der Waals surface area contributed by atoms with E-state index < -0.39 is 10.5 Å². The first kappa shape index (κ1) is 14.6. The summed E-state index contributed by atoms with van der Waals surface area (Å²) < 4.78 is 0. The molecule has 0 aliphatic carbocycles. The molecule has 0 heterocycles. The minimum absolute atomic E-state index is 0.0879. The maximum Gasteiger partial charge on any atom is 0.269 e. The van der Waals surface area contributed by atoms with Crippen LogP contribution in [0.2, 0.25) is 0 Å². The number of nitro benzene ring substituents is 1. The van der Waals surface area contributed by atoms with Crippen molar-refractivity contribution < 1.29 is 10.0 Å². The molecule has 2 N–H and O–H groups in total. The van der Waals surface area contributed by atoms with Crippen LogP contribution in [0.25, 0.3) is 0 Å². The molecule has 1 unspecified atom stereocenters. The Bertz CT molecular complexity index is 416. The average Bonchev–Trinajstić information content (AvgIpc) is 2.29. The predicted octanol–water partition coefficient (Wildman–Crippen LogP) is 2.09. The van der Waals surface area contributed by atoms with Crippen LogP contribution in [0.5, 0.6) is 0 Å². The lowest BCUT2D eigenvalue weighted by Gasteiger charge is -2.27. The summed E-state index contributed by atoms with van der Waals surface area (Å²) in [5.41, 5.74) is 0.148. The smallest absolute Gasteiger partial charge is 0.269 e. The van der Waals surface area contributed by atoms with Gasteiger partial charge in [0.15, 0.2) is 0 Å². The van der Waals surface area contributed by atoms with Crippen LogP contribution in [0.1, 0.15) is 26.3 Å². The normalized spacial score (nSPS) is 14.5. The highest BCUT2D eigenvalue weighted by atomic mass is 16.6. The quantitative estimate of drug-likeness (QED) is 0.600. The first-order chi connectivity index (χ1) is 8.33. The Morgan fingerprint density at radius 2 is 2.17 bits per heavy atom. The Morgan fingerprint density at radius 3 is 2.72 bits per heavy atom. The Kier molecular flexibility index (Phi) is 4.81. The fourth-order valence-electron chi connectivity index (χ4n) is 1.44. The highest BCUT2D eigenvalue weighted by Crippen LogP contribution is 2.16. The third-order valence-electron chi connectivity index (χ3n) is 3.18. The molecule has 0 aliphatic heterocycles. The zero-order valence-corrected chi connectivity index (χ0v) is 11.0. The van der Waals surface area contributed by atoms with Gasteiger partial charge in [-0.05, 0) is 18.4 Å². The van der Waals surface area contributed by atoms with E-state index in [1.807, 2.05) is 19.9 Å². The zero-order chi connectivity index (χ0) is 13.8. The summed E-state index contributed by atoms with van der Waals surface area (Å²) in [5, 5.41) is 23.8. The molecular weight excluding hydrogens is 232 g/mol. The molecule has 18 heavy (non-hydrogen) atoms. The second kappa shape index (κ2) is 5.93. The second-order valence-corrected chi connectivity index (χ2v) is 5.04. The van der Waals surface area contributed by atoms with Gasteiger partial charge in [-0.3, -0.25) is 10.1 Å². The van der Waals surface area contributed by atoms with Crippen LogP contribution in [-0.4, -0.2) is 22.2 Å². The summed E-state index contributed by atoms with van der Waals surface area (Å²) in [4.78, 5) is 10.2. The molecule has 100 valence electrons. The van der Waals surface area contributed by atoms with Gasteiger partial charge in [-0.1, -0.05) is 26.0 Å². The number of nitrogens with one attached hydrogen (secondary N) is 1. The number of non-ortho nitro benzene ring substituents is 1. The van der Waals surface area contributed by atoms with Gasteiger partial charge in [-0.25, -0.2) is 0 Å². The van der Waals surface area contributed by atoms with Gasteiger partial charge in [0.05, 0.1) is 10.5 Å². The van der Waals surface area contributed by atoms with Crippen molar-refractivity contribution in [3.8, 4) is 0 Å². The van der Waals surface area contributed by atoms with Crippen molar-refractivity contribution in [1.29, 1.82) is 0 Å². The van der Waals surface area contributed by atoms with Crippen LogP contribution < -0.4 is 5.32 Å². The topological polar surface area (TPSA) is 75.4 Å². The summed E-state index contributed by atoms with van der Waals surface area (Å²) in [6.07, 6.45) is 0. The van der Waals surface area contributed by atoms with E-state index in [2.05, 4.69) is 5.32 Å². The molecule has 0 bridgehead atoms. The maximum atomic E-state index is 10.6. The molecule has 0 spiro atoms. The van der Waals surface area contributed by atoms with E-state index in [9.17, 15) is 15.2 Å². The number of nitrogens with zero attached hydrogens (tertiary/aromatic N) is 1. The van der Waals surface area contributed by atoms with Crippen LogP contribution in [-0.2, 0) is 6.54 Å². The number of aliphatic hydroxyl groups is 1. The van der Waals surface area contributed by atoms with Gasteiger partial charge in [0, 0.05) is 25.2 Å². The van der Waals surface area contributed by atoms with Crippen LogP contribution in [0.15, 0.2) is 24.3 Å². The maximum absolute atomic E-state index is 10.6. The van der Waals surface area contributed by atoms with E-state index in [0.29, 0.717) is 13.1 Å². The Hall–Kier alpha value is -1.46. The highest BCUT2D eigenvalue weighted by Gasteiger charge is 2.23. The summed E-state index contributed by atoms with van der Waals surface area (Å²) in [7, 11) is 0. The predicted molar refractivity (Wildman–Crippen MR) is 70.3 cm³/mol. The van der Waals surface area contributed by atoms with Crippen molar-refractivity contribution in [2.24, 2.45) is 5.92 Å². The van der Waals surface area contributed by atoms with E-state index in [1.165, 1.54) is 12.1 Å². The molecule has 1 aromatic rings. The second-order valence-electron chi connectivity index (χ2n) is 5.04. The first-order valence-electron chi connectivity index (χ1n) is 5.99. The molecule has 5 heteroatoms. The van der Waals surface area contributed by atoms with E-state index in [0.717, 1.165) is 5.56 Å². The van der Waals surface area contributed by atoms with Gasteiger partial charge >= 0.3 is 0 Å². The van der Waals surface area contributed by atoms with Crippen LogP contribution in [0.4, 0.5) is 5.69 Å². The van der Waals surface area contributed by atoms with E-state index >= 15 is 0 Å². The minimum Gasteiger partial charge on any atom is -0.389 e. The van der Waals surface area contributed by atoms with E-state index in [1.54, 1.807) is 13.0 Å². The van der Waals surface area contributed by atoms with Gasteiger partial charge in [-0.15, -0.1) is 0 Å². The molecule has 0 aliphatic rings. The van der Waals surface area contributed by atoms with Crippen molar-refractivity contribution in [2.75, 3.05) is 6.54 Å². The van der Waals surface area contributed by atoms with Gasteiger partial charge in [-0.2, -0.15) is 0 Å². The summed E-state index contributed by atoms with van der Waals surface area (Å²) in [6, 6.07) is 6.49. The van der Waals surface area contributed by atoms with Gasteiger partial charge in [0.25, 0.3) is 5.69 Å². The Balaban J connectivity index is 2.54. The zero-order valence-electron chi connectivity index (χ0n) is 11.0. The van der Waals surface area contributed by atoms with Crippen molar-refractivity contribution in [3.05, 3.63) is 39.9 Å². The third kappa shape index (κ3) is 4.09. The molecule has 0 saturated carbocycles. The summed E-state index contributed by atoms with van der Waals surface area (Å²) in [6.45, 7) is 6.64. The summed E-state index contributed by atoms with van der Waals surface area (Å²) in [5.74, 6) is 0.148. The molecule has 1 aromatic carbocycles. The molecule has 0 aromatic heterocycles. The van der Waals surface area contributed by atoms with E-state index in [4.69, 9.17) is 0 Å². The molecular formula is C13H20N2O3. The molecule has 0 amide bonds. The monoisotopic (exact) mass is 252 g/mol. The molecule has 1 atom stereocenters. The lowest BCUT2D eigenvalue weighted by Crippen LogP contribution is -2.41. The van der Waals surface area contributed by atoms with Crippen molar-refractivity contribution in [1.82, 2.24) is 5.32 Å². The lowest BCUT2D eigenvalue weighted by molar-refractivity contribution is -0.384. The van der Waals surface area contributed by atoms with Gasteiger partial charge in [0.1, 0.15) is 0 Å². The third-order valence-corrected chi connectivity index (χ3v) is 3.18. The standard InChI is InChI=1S/C13H20N2O3/c1-10(2)13(3,16)9-14-8-11-5-4-6-12(7-11)15(17)18/h4-7,10,14,16H,8-9H2,1-3H3. The van der Waals surface area contributed by atoms with Crippen molar-refractivity contribution in [2.45, 2.75) is 32.9 Å². The first-order valence-corrected chi connectivity index (χ1v) is 5.99. The number of rotatable bonds is 6. The van der Waals surface area contributed by atoms with Crippen molar-refractivity contribution in [3.63, 3.8) is 0 Å². The fourth-order valence-corrected chi connectivity index (χ4v) is 1.44. The van der Waals surface area contributed by atoms with Crippen LogP contribution in [0, 0.1) is 16.0 Å². The molecule has 0 fully saturated rings. The Labute approximate surface area is 107 Å². The number of benzene rings is 1. The largest absolute Gasteiger partial charge is 0.389 e. The van der Waals surface area contributed by atoms with Crippen molar-refractivity contribution >= 4 is 5.69 Å². The lowest BCUT2D eigenvalue weighted by atomic mass is 9.92. The van der Waals surface area contributed by atoms with E-state index in [-0.39, 0.29) is 11.6 Å². The molecule has 1 rings (SSSR count). The van der Waals surface area contributed by atoms with Crippen LogP contribution in [0.3, 0.4) is 0 Å². The fraction of sp³-hybridized carbons (Fsp3) is 0.538. The number of hydrogen-bond donors (Lipinski definition) is 2. The minimum atomic E-state index is -0.777. The SMILES string of the molecule is CC(C)C(C)(O)CNCc1cccc([N+](=O)[O-])c1. The van der Waals surface area contributed by atoms with Gasteiger partial charge < -0.3 is 10.4 Å². The number of hydrogen-bond acceptors (Lipinski definition) is 4. The number of nitro groups is 1. The molecule has 0 saturated heterocycles. The average molecular weight is 252 g/mol. The molecule has 0 radical (unpaired) electrons. The summed E-state index contributed by atoms with van der Waals surface area (Å²) >= 11 is 0. The van der Waals surface area contributed by atoms with Gasteiger partial charge in [0.2, 0.25) is 0 Å². The molecule has 5 nitrogen and oxygen atoms in total.